The molecule has 182 valence electrons. The number of nitrogens with one attached hydrogen (secondary N) is 1. The molecule has 1 aliphatic rings. The number of carbonyl (C=O) groups is 2. The van der Waals surface area contributed by atoms with Gasteiger partial charge in [-0.1, -0.05) is 61.5 Å². The second-order valence-electron chi connectivity index (χ2n) is 9.25. The highest BCUT2D eigenvalue weighted by Crippen LogP contribution is 2.29. The van der Waals surface area contributed by atoms with Crippen LogP contribution in [0.1, 0.15) is 53.6 Å². The molecule has 7 nitrogen and oxygen atoms in total. The van der Waals surface area contributed by atoms with Gasteiger partial charge in [-0.2, -0.15) is 4.98 Å². The molecule has 1 N–H and O–H groups in total. The molecule has 5 rings (SSSR count). The number of anilines is 2. The summed E-state index contributed by atoms with van der Waals surface area (Å²) in [5.41, 5.74) is 5.51. The Balaban J connectivity index is 1.14. The summed E-state index contributed by atoms with van der Waals surface area (Å²) in [7, 11) is 0. The fourth-order valence-electron chi connectivity index (χ4n) is 4.34. The summed E-state index contributed by atoms with van der Waals surface area (Å²) >= 11 is 0. The minimum absolute atomic E-state index is 0.0381. The normalized spacial score (nSPS) is 12.6. The molecule has 0 aliphatic carbocycles. The van der Waals surface area contributed by atoms with E-state index in [0.717, 1.165) is 17.7 Å². The third kappa shape index (κ3) is 5.05. The lowest BCUT2D eigenvalue weighted by atomic mass is 10.0. The molecule has 0 spiro atoms. The molecule has 1 aromatic heterocycles. The van der Waals surface area contributed by atoms with E-state index in [-0.39, 0.29) is 18.2 Å². The van der Waals surface area contributed by atoms with Gasteiger partial charge in [0.2, 0.25) is 17.6 Å². The molecule has 0 atom stereocenters. The zero-order valence-electron chi connectivity index (χ0n) is 20.4. The van der Waals surface area contributed by atoms with Crippen LogP contribution in [-0.2, 0) is 17.6 Å². The first kappa shape index (κ1) is 23.5. The van der Waals surface area contributed by atoms with Gasteiger partial charge >= 0.3 is 0 Å². The van der Waals surface area contributed by atoms with E-state index in [0.29, 0.717) is 41.8 Å². The van der Waals surface area contributed by atoms with Crippen molar-refractivity contribution >= 4 is 23.2 Å². The molecular weight excluding hydrogens is 452 g/mol. The van der Waals surface area contributed by atoms with Crippen LogP contribution in [0.15, 0.2) is 77.3 Å². The van der Waals surface area contributed by atoms with Crippen LogP contribution < -0.4 is 10.2 Å². The van der Waals surface area contributed by atoms with E-state index in [1.165, 1.54) is 11.1 Å². The number of amides is 2. The summed E-state index contributed by atoms with van der Waals surface area (Å²) in [6, 6.07) is 23.0. The van der Waals surface area contributed by atoms with Gasteiger partial charge in [0.25, 0.3) is 5.91 Å². The van der Waals surface area contributed by atoms with Gasteiger partial charge in [0.1, 0.15) is 0 Å². The first-order valence-electron chi connectivity index (χ1n) is 12.2. The van der Waals surface area contributed by atoms with Crippen molar-refractivity contribution < 1.29 is 14.1 Å². The Morgan fingerprint density at radius 3 is 2.50 bits per heavy atom. The predicted octanol–water partition coefficient (Wildman–Crippen LogP) is 5.63. The molecule has 1 aliphatic heterocycles. The Morgan fingerprint density at radius 2 is 1.75 bits per heavy atom. The zero-order chi connectivity index (χ0) is 25.1. The summed E-state index contributed by atoms with van der Waals surface area (Å²) in [6.45, 7) is 4.97. The monoisotopic (exact) mass is 480 g/mol. The lowest BCUT2D eigenvalue weighted by molar-refractivity contribution is -0.116. The third-order valence-corrected chi connectivity index (χ3v) is 6.42. The van der Waals surface area contributed by atoms with Crippen LogP contribution in [0.5, 0.6) is 0 Å². The van der Waals surface area contributed by atoms with Gasteiger partial charge in [-0.25, -0.2) is 0 Å². The molecule has 7 heteroatoms. The quantitative estimate of drug-likeness (QED) is 0.370. The number of hydrogen-bond acceptors (Lipinski definition) is 5. The van der Waals surface area contributed by atoms with Crippen LogP contribution in [0.2, 0.25) is 0 Å². The molecule has 0 radical (unpaired) electrons. The number of nitrogens with zero attached hydrogens (tertiary/aromatic N) is 3. The Labute approximate surface area is 210 Å². The number of aromatic nitrogens is 2. The lowest BCUT2D eigenvalue weighted by Gasteiger charge is -2.17. The van der Waals surface area contributed by atoms with E-state index in [4.69, 9.17) is 4.52 Å². The highest BCUT2D eigenvalue weighted by Gasteiger charge is 2.25. The average molecular weight is 481 g/mol. The molecule has 36 heavy (non-hydrogen) atoms. The van der Waals surface area contributed by atoms with E-state index in [2.05, 4.69) is 47.5 Å². The summed E-state index contributed by atoms with van der Waals surface area (Å²) in [6.07, 6.45) is 1.41. The van der Waals surface area contributed by atoms with E-state index >= 15 is 0 Å². The van der Waals surface area contributed by atoms with Gasteiger partial charge in [0, 0.05) is 41.9 Å². The highest BCUT2D eigenvalue weighted by molar-refractivity contribution is 6.07. The van der Waals surface area contributed by atoms with Crippen LogP contribution in [-0.4, -0.2) is 28.5 Å². The van der Waals surface area contributed by atoms with E-state index in [1.807, 2.05) is 30.3 Å². The molecule has 0 bridgehead atoms. The van der Waals surface area contributed by atoms with Gasteiger partial charge < -0.3 is 14.7 Å². The van der Waals surface area contributed by atoms with Crippen molar-refractivity contribution in [2.24, 2.45) is 0 Å². The molecule has 3 aromatic carbocycles. The minimum Gasteiger partial charge on any atom is -0.339 e. The van der Waals surface area contributed by atoms with Crippen LogP contribution in [0.25, 0.3) is 11.4 Å². The van der Waals surface area contributed by atoms with Crippen LogP contribution >= 0.6 is 0 Å². The molecule has 0 unspecified atom stereocenters. The molecule has 2 amide bonds. The second kappa shape index (κ2) is 10.2. The Morgan fingerprint density at radius 1 is 1.00 bits per heavy atom. The number of aryl methyl sites for hydroxylation is 1. The van der Waals surface area contributed by atoms with Crippen molar-refractivity contribution in [2.45, 2.75) is 39.0 Å². The smallest absolute Gasteiger partial charge is 0.258 e. The van der Waals surface area contributed by atoms with Crippen LogP contribution in [0.3, 0.4) is 0 Å². The SMILES string of the molecule is CC(C)c1ccc(-c2noc(CCC(=O)Nc3ccc(C(=O)N4CCc5ccccc54)cc3)n2)cc1. The van der Waals surface area contributed by atoms with Gasteiger partial charge in [-0.15, -0.1) is 0 Å². The van der Waals surface area contributed by atoms with Gasteiger partial charge in [0.15, 0.2) is 0 Å². The largest absolute Gasteiger partial charge is 0.339 e. The summed E-state index contributed by atoms with van der Waals surface area (Å²) < 4.78 is 5.33. The number of fused-ring (bicyclic) bond motifs is 1. The third-order valence-electron chi connectivity index (χ3n) is 6.42. The fraction of sp³-hybridized carbons (Fsp3) is 0.241. The van der Waals surface area contributed by atoms with Gasteiger partial charge in [0.05, 0.1) is 0 Å². The first-order chi connectivity index (χ1) is 17.5. The number of hydrogen-bond donors (Lipinski definition) is 1. The summed E-state index contributed by atoms with van der Waals surface area (Å²) in [5.74, 6) is 1.19. The second-order valence-corrected chi connectivity index (χ2v) is 9.25. The van der Waals surface area contributed by atoms with E-state index in [1.54, 1.807) is 29.2 Å². The number of para-hydroxylation sites is 1. The minimum atomic E-state index is -0.163. The maximum absolute atomic E-state index is 13.0. The van der Waals surface area contributed by atoms with Crippen molar-refractivity contribution in [1.82, 2.24) is 10.1 Å². The summed E-state index contributed by atoms with van der Waals surface area (Å²) in [4.78, 5) is 31.6. The van der Waals surface area contributed by atoms with Gasteiger partial charge in [-0.3, -0.25) is 9.59 Å². The number of rotatable bonds is 7. The lowest BCUT2D eigenvalue weighted by Crippen LogP contribution is -2.28. The van der Waals surface area contributed by atoms with Gasteiger partial charge in [-0.05, 0) is 53.8 Å². The molecule has 4 aromatic rings. The molecular formula is C29H28N4O3. The van der Waals surface area contributed by atoms with E-state index in [9.17, 15) is 9.59 Å². The fourth-order valence-corrected chi connectivity index (χ4v) is 4.34. The Kier molecular flexibility index (Phi) is 6.62. The van der Waals surface area contributed by atoms with E-state index < -0.39 is 0 Å². The maximum atomic E-state index is 13.0. The Bertz CT molecular complexity index is 1370. The highest BCUT2D eigenvalue weighted by atomic mass is 16.5. The molecule has 0 saturated carbocycles. The molecule has 0 fully saturated rings. The van der Waals surface area contributed by atoms with Crippen LogP contribution in [0, 0.1) is 0 Å². The first-order valence-corrected chi connectivity index (χ1v) is 12.2. The van der Waals surface area contributed by atoms with Crippen molar-refractivity contribution in [3.63, 3.8) is 0 Å². The van der Waals surface area contributed by atoms with Crippen molar-refractivity contribution in [3.05, 3.63) is 95.4 Å². The molecule has 0 saturated heterocycles. The number of carbonyl (C=O) groups excluding carboxylic acids is 2. The zero-order valence-corrected chi connectivity index (χ0v) is 20.4. The van der Waals surface area contributed by atoms with Crippen LogP contribution in [0.4, 0.5) is 11.4 Å². The standard InChI is InChI=1S/C29H28N4O3/c1-19(2)20-7-9-22(10-8-20)28-31-27(36-32-28)16-15-26(34)30-24-13-11-23(12-14-24)29(35)33-18-17-21-5-3-4-6-25(21)33/h3-14,19H,15-18H2,1-2H3,(H,30,34). The van der Waals surface area contributed by atoms with Crippen molar-refractivity contribution in [3.8, 4) is 11.4 Å². The van der Waals surface area contributed by atoms with Crippen molar-refractivity contribution in [1.29, 1.82) is 0 Å². The molecule has 2 heterocycles. The predicted molar refractivity (Wildman–Crippen MR) is 139 cm³/mol. The average Bonchev–Trinajstić information content (AvgIpc) is 3.55. The van der Waals surface area contributed by atoms with Crippen molar-refractivity contribution in [2.75, 3.05) is 16.8 Å². The topological polar surface area (TPSA) is 88.3 Å². The summed E-state index contributed by atoms with van der Waals surface area (Å²) in [5, 5.41) is 6.91. The Hall–Kier alpha value is -4.26. The number of benzene rings is 3. The maximum Gasteiger partial charge on any atom is 0.258 e.